The lowest BCUT2D eigenvalue weighted by Crippen LogP contribution is -2.27. The maximum Gasteiger partial charge on any atom is 0.217 e. The van der Waals surface area contributed by atoms with Gasteiger partial charge >= 0.3 is 0 Å². The average molecular weight is 173 g/mol. The molecule has 3 nitrogen and oxygen atoms in total. The molecule has 0 aliphatic carbocycles. The monoisotopic (exact) mass is 173 g/mol. The number of nitrogens with zero attached hydrogens (tertiary/aromatic N) is 1. The van der Waals surface area contributed by atoms with Crippen molar-refractivity contribution in [2.75, 3.05) is 13.1 Å². The summed E-state index contributed by atoms with van der Waals surface area (Å²) in [6.07, 6.45) is 5.43. The second-order valence-electron chi connectivity index (χ2n) is 3.02. The Kier molecular flexibility index (Phi) is 1.54. The van der Waals surface area contributed by atoms with Gasteiger partial charge in [0, 0.05) is 13.1 Å². The summed E-state index contributed by atoms with van der Waals surface area (Å²) >= 11 is 0. The van der Waals surface area contributed by atoms with E-state index in [9.17, 15) is 8.42 Å². The van der Waals surface area contributed by atoms with E-state index in [-0.39, 0.29) is 5.25 Å². The third-order valence-electron chi connectivity index (χ3n) is 2.36. The molecule has 11 heavy (non-hydrogen) atoms. The molecule has 2 atom stereocenters. The minimum Gasteiger partial charge on any atom is -0.212 e. The van der Waals surface area contributed by atoms with Crippen molar-refractivity contribution >= 4 is 10.0 Å². The fourth-order valence-electron chi connectivity index (χ4n) is 1.65. The first kappa shape index (κ1) is 7.31. The van der Waals surface area contributed by atoms with Crippen LogP contribution in [0, 0.1) is 0 Å². The Bertz CT molecular complexity index is 259. The summed E-state index contributed by atoms with van der Waals surface area (Å²) in [5, 5.41) is -0.124. The molecular formula is C7H11NO2S. The van der Waals surface area contributed by atoms with E-state index >= 15 is 0 Å². The molecule has 2 heterocycles. The van der Waals surface area contributed by atoms with Gasteiger partial charge in [0.1, 0.15) is 0 Å². The molecule has 0 aromatic heterocycles. The standard InChI is InChI=1S/C7H11NO2S/c9-11(10)7-3-1-2-5-8(11)6-4-7/h1-2,7H,3-6H2. The Morgan fingerprint density at radius 2 is 2.18 bits per heavy atom. The second kappa shape index (κ2) is 2.32. The van der Waals surface area contributed by atoms with Crippen molar-refractivity contribution < 1.29 is 8.42 Å². The highest BCUT2D eigenvalue weighted by molar-refractivity contribution is 7.90. The average Bonchev–Trinajstić information content (AvgIpc) is 2.00. The Labute approximate surface area is 66.7 Å². The molecule has 62 valence electrons. The molecule has 0 saturated carbocycles. The van der Waals surface area contributed by atoms with Crippen LogP contribution in [0.3, 0.4) is 0 Å². The lowest BCUT2D eigenvalue weighted by atomic mass is 10.2. The van der Waals surface area contributed by atoms with Gasteiger partial charge in [0.15, 0.2) is 0 Å². The summed E-state index contributed by atoms with van der Waals surface area (Å²) in [7, 11) is -2.89. The van der Waals surface area contributed by atoms with E-state index < -0.39 is 10.0 Å². The van der Waals surface area contributed by atoms with Gasteiger partial charge in [-0.3, -0.25) is 0 Å². The molecule has 0 spiro atoms. The Hall–Kier alpha value is -0.350. The Morgan fingerprint density at radius 3 is 3.00 bits per heavy atom. The fraction of sp³-hybridized carbons (Fsp3) is 0.714. The molecule has 2 bridgehead atoms. The molecule has 1 saturated heterocycles. The zero-order valence-corrected chi connectivity index (χ0v) is 7.05. The third kappa shape index (κ3) is 1.01. The van der Waals surface area contributed by atoms with Crippen molar-refractivity contribution in [2.24, 2.45) is 0 Å². The first-order valence-corrected chi connectivity index (χ1v) is 5.35. The first-order chi connectivity index (χ1) is 5.21. The summed E-state index contributed by atoms with van der Waals surface area (Å²) in [5.41, 5.74) is 0. The van der Waals surface area contributed by atoms with Gasteiger partial charge in [-0.15, -0.1) is 0 Å². The molecule has 4 heteroatoms. The predicted octanol–water partition coefficient (Wildman–Crippen LogP) is 0.350. The quantitative estimate of drug-likeness (QED) is 0.496. The van der Waals surface area contributed by atoms with Crippen molar-refractivity contribution in [3.63, 3.8) is 0 Å². The second-order valence-corrected chi connectivity index (χ2v) is 5.23. The van der Waals surface area contributed by atoms with Crippen LogP contribution in [0.2, 0.25) is 0 Å². The third-order valence-corrected chi connectivity index (χ3v) is 4.68. The van der Waals surface area contributed by atoms with Crippen LogP contribution in [0.4, 0.5) is 0 Å². The van der Waals surface area contributed by atoms with Crippen molar-refractivity contribution in [1.29, 1.82) is 0 Å². The number of allylic oxidation sites excluding steroid dienone is 1. The Balaban J connectivity index is 2.40. The molecule has 2 unspecified atom stereocenters. The Morgan fingerprint density at radius 1 is 1.36 bits per heavy atom. The molecule has 0 aromatic rings. The van der Waals surface area contributed by atoms with Crippen molar-refractivity contribution in [3.8, 4) is 0 Å². The maximum absolute atomic E-state index is 11.5. The maximum atomic E-state index is 11.5. The molecule has 0 amide bonds. The summed E-state index contributed by atoms with van der Waals surface area (Å²) in [4.78, 5) is 0. The molecule has 2 aliphatic heterocycles. The smallest absolute Gasteiger partial charge is 0.212 e. The topological polar surface area (TPSA) is 37.4 Å². The zero-order valence-electron chi connectivity index (χ0n) is 6.23. The lowest BCUT2D eigenvalue weighted by Gasteiger charge is -2.10. The highest BCUT2D eigenvalue weighted by atomic mass is 32.2. The molecule has 2 rings (SSSR count). The number of fused-ring (bicyclic) bond motifs is 2. The van der Waals surface area contributed by atoms with Gasteiger partial charge in [0.2, 0.25) is 10.0 Å². The van der Waals surface area contributed by atoms with E-state index in [1.165, 1.54) is 0 Å². The van der Waals surface area contributed by atoms with E-state index in [4.69, 9.17) is 0 Å². The number of rotatable bonds is 0. The summed E-state index contributed by atoms with van der Waals surface area (Å²) < 4.78 is 24.5. The van der Waals surface area contributed by atoms with Crippen LogP contribution in [0.15, 0.2) is 12.2 Å². The molecule has 0 radical (unpaired) electrons. The van der Waals surface area contributed by atoms with Gasteiger partial charge in [0.05, 0.1) is 5.25 Å². The van der Waals surface area contributed by atoms with Gasteiger partial charge in [-0.05, 0) is 12.8 Å². The van der Waals surface area contributed by atoms with Crippen molar-refractivity contribution in [2.45, 2.75) is 18.1 Å². The fourth-order valence-corrected chi connectivity index (χ4v) is 3.48. The summed E-state index contributed by atoms with van der Waals surface area (Å²) in [5.74, 6) is 0. The minimum atomic E-state index is -2.89. The minimum absolute atomic E-state index is 0.124. The van der Waals surface area contributed by atoms with Crippen LogP contribution in [0.5, 0.6) is 0 Å². The van der Waals surface area contributed by atoms with E-state index in [2.05, 4.69) is 0 Å². The van der Waals surface area contributed by atoms with Crippen LogP contribution >= 0.6 is 0 Å². The number of hydrogen-bond acceptors (Lipinski definition) is 2. The SMILES string of the molecule is O=S1(=O)C2CC=CCN1CC2. The highest BCUT2D eigenvalue weighted by Gasteiger charge is 2.38. The normalized spacial score (nSPS) is 40.4. The summed E-state index contributed by atoms with van der Waals surface area (Å²) in [6.45, 7) is 1.30. The van der Waals surface area contributed by atoms with Crippen LogP contribution in [-0.4, -0.2) is 31.1 Å². The molecule has 0 aromatic carbocycles. The van der Waals surface area contributed by atoms with Crippen molar-refractivity contribution in [3.05, 3.63) is 12.2 Å². The van der Waals surface area contributed by atoms with E-state index in [1.807, 2.05) is 12.2 Å². The van der Waals surface area contributed by atoms with Gasteiger partial charge in [-0.1, -0.05) is 12.2 Å². The van der Waals surface area contributed by atoms with Crippen molar-refractivity contribution in [1.82, 2.24) is 4.31 Å². The predicted molar refractivity (Wildman–Crippen MR) is 42.7 cm³/mol. The largest absolute Gasteiger partial charge is 0.217 e. The lowest BCUT2D eigenvalue weighted by molar-refractivity contribution is 0.478. The molecule has 0 N–H and O–H groups in total. The van der Waals surface area contributed by atoms with E-state index in [0.29, 0.717) is 13.0 Å². The highest BCUT2D eigenvalue weighted by Crippen LogP contribution is 2.26. The van der Waals surface area contributed by atoms with Crippen LogP contribution in [-0.2, 0) is 10.0 Å². The molecular weight excluding hydrogens is 162 g/mol. The van der Waals surface area contributed by atoms with Gasteiger partial charge in [-0.25, -0.2) is 8.42 Å². The zero-order chi connectivity index (χ0) is 7.90. The van der Waals surface area contributed by atoms with Gasteiger partial charge in [-0.2, -0.15) is 4.31 Å². The number of hydrogen-bond donors (Lipinski definition) is 0. The van der Waals surface area contributed by atoms with Gasteiger partial charge < -0.3 is 0 Å². The first-order valence-electron chi connectivity index (χ1n) is 3.85. The van der Waals surface area contributed by atoms with Gasteiger partial charge in [0.25, 0.3) is 0 Å². The summed E-state index contributed by atoms with van der Waals surface area (Å²) in [6, 6.07) is 0. The molecule has 2 aliphatic rings. The van der Waals surface area contributed by atoms with E-state index in [1.54, 1.807) is 4.31 Å². The van der Waals surface area contributed by atoms with Crippen LogP contribution in [0.25, 0.3) is 0 Å². The van der Waals surface area contributed by atoms with Crippen LogP contribution < -0.4 is 0 Å². The number of sulfonamides is 1. The molecule has 1 fully saturated rings. The van der Waals surface area contributed by atoms with Crippen LogP contribution in [0.1, 0.15) is 12.8 Å². The van der Waals surface area contributed by atoms with E-state index in [0.717, 1.165) is 13.0 Å².